The van der Waals surface area contributed by atoms with Gasteiger partial charge in [0.05, 0.1) is 12.8 Å². The first-order valence-electron chi connectivity index (χ1n) is 5.43. The fourth-order valence-corrected chi connectivity index (χ4v) is 1.39. The van der Waals surface area contributed by atoms with E-state index in [1.54, 1.807) is 6.26 Å². The summed E-state index contributed by atoms with van der Waals surface area (Å²) in [7, 11) is 0. The lowest BCUT2D eigenvalue weighted by atomic mass is 10.2. The lowest BCUT2D eigenvalue weighted by molar-refractivity contribution is 0.367. The van der Waals surface area contributed by atoms with Crippen molar-refractivity contribution >= 4 is 0 Å². The summed E-state index contributed by atoms with van der Waals surface area (Å²) in [4.78, 5) is 4.27. The Morgan fingerprint density at radius 2 is 2.31 bits per heavy atom. The molecule has 5 heteroatoms. The van der Waals surface area contributed by atoms with Crippen molar-refractivity contribution in [2.24, 2.45) is 0 Å². The van der Waals surface area contributed by atoms with Crippen LogP contribution in [0.5, 0.6) is 0 Å². The molecular formula is C11H15N3O2. The fraction of sp³-hybridized carbons (Fsp3) is 0.455. The summed E-state index contributed by atoms with van der Waals surface area (Å²) in [6.07, 6.45) is 3.17. The molecule has 5 nitrogen and oxygen atoms in total. The largest absolute Gasteiger partial charge is 0.469 e. The van der Waals surface area contributed by atoms with Gasteiger partial charge in [-0.05, 0) is 18.7 Å². The average molecular weight is 221 g/mol. The van der Waals surface area contributed by atoms with E-state index in [1.807, 2.05) is 19.1 Å². The van der Waals surface area contributed by atoms with Gasteiger partial charge < -0.3 is 14.3 Å². The lowest BCUT2D eigenvalue weighted by Gasteiger charge is -1.92. The van der Waals surface area contributed by atoms with Gasteiger partial charge in [-0.25, -0.2) is 0 Å². The number of nitrogens with zero attached hydrogens (tertiary/aromatic N) is 2. The van der Waals surface area contributed by atoms with Crippen molar-refractivity contribution < 1.29 is 8.94 Å². The van der Waals surface area contributed by atoms with Crippen LogP contribution in [-0.2, 0) is 19.4 Å². The lowest BCUT2D eigenvalue weighted by Crippen LogP contribution is -2.12. The molecule has 2 rings (SSSR count). The van der Waals surface area contributed by atoms with Crippen LogP contribution in [0.4, 0.5) is 0 Å². The molecule has 2 heterocycles. The van der Waals surface area contributed by atoms with Crippen molar-refractivity contribution in [1.29, 1.82) is 0 Å². The molecule has 0 bridgehead atoms. The van der Waals surface area contributed by atoms with Gasteiger partial charge in [0.15, 0.2) is 5.82 Å². The third-order valence-electron chi connectivity index (χ3n) is 2.21. The van der Waals surface area contributed by atoms with E-state index in [0.717, 1.165) is 18.7 Å². The van der Waals surface area contributed by atoms with E-state index in [-0.39, 0.29) is 0 Å². The summed E-state index contributed by atoms with van der Waals surface area (Å²) in [5, 5.41) is 7.02. The molecule has 0 radical (unpaired) electrons. The van der Waals surface area contributed by atoms with Crippen LogP contribution in [0.2, 0.25) is 0 Å². The average Bonchev–Trinajstić information content (AvgIpc) is 2.95. The molecule has 0 saturated heterocycles. The number of furan rings is 1. The van der Waals surface area contributed by atoms with Crippen LogP contribution in [0.15, 0.2) is 27.3 Å². The normalized spacial score (nSPS) is 10.8. The van der Waals surface area contributed by atoms with Crippen LogP contribution in [0.3, 0.4) is 0 Å². The molecule has 16 heavy (non-hydrogen) atoms. The maximum Gasteiger partial charge on any atom is 0.227 e. The van der Waals surface area contributed by atoms with Gasteiger partial charge >= 0.3 is 0 Å². The number of hydrogen-bond acceptors (Lipinski definition) is 5. The van der Waals surface area contributed by atoms with E-state index >= 15 is 0 Å². The van der Waals surface area contributed by atoms with Gasteiger partial charge in [-0.1, -0.05) is 12.1 Å². The van der Waals surface area contributed by atoms with Crippen molar-refractivity contribution in [2.45, 2.75) is 26.3 Å². The van der Waals surface area contributed by atoms with Crippen molar-refractivity contribution in [3.63, 3.8) is 0 Å². The molecule has 0 aromatic carbocycles. The van der Waals surface area contributed by atoms with Crippen LogP contribution >= 0.6 is 0 Å². The van der Waals surface area contributed by atoms with Crippen molar-refractivity contribution in [3.8, 4) is 0 Å². The maximum absolute atomic E-state index is 5.22. The third kappa shape index (κ3) is 2.93. The summed E-state index contributed by atoms with van der Waals surface area (Å²) in [5.41, 5.74) is 0. The quantitative estimate of drug-likeness (QED) is 0.801. The fourth-order valence-electron chi connectivity index (χ4n) is 1.39. The molecule has 0 saturated carbocycles. The number of nitrogens with one attached hydrogen (secondary N) is 1. The molecule has 0 aliphatic carbocycles. The standard InChI is InChI=1S/C11H15N3O2/c1-2-12-8-10-13-11(16-14-10)6-5-9-4-3-7-15-9/h3-4,7,12H,2,5-6,8H2,1H3. The van der Waals surface area contributed by atoms with E-state index in [9.17, 15) is 0 Å². The highest BCUT2D eigenvalue weighted by Crippen LogP contribution is 2.06. The number of hydrogen-bond donors (Lipinski definition) is 1. The van der Waals surface area contributed by atoms with Gasteiger partial charge in [0.2, 0.25) is 5.89 Å². The molecule has 0 fully saturated rings. The maximum atomic E-state index is 5.22. The van der Waals surface area contributed by atoms with Gasteiger partial charge in [0.25, 0.3) is 0 Å². The monoisotopic (exact) mass is 221 g/mol. The topological polar surface area (TPSA) is 64.1 Å². The molecule has 0 atom stereocenters. The third-order valence-corrected chi connectivity index (χ3v) is 2.21. The summed E-state index contributed by atoms with van der Waals surface area (Å²) in [5.74, 6) is 2.30. The van der Waals surface area contributed by atoms with E-state index in [4.69, 9.17) is 8.94 Å². The molecule has 2 aromatic rings. The number of rotatable bonds is 6. The van der Waals surface area contributed by atoms with E-state index in [0.29, 0.717) is 24.7 Å². The first-order valence-corrected chi connectivity index (χ1v) is 5.43. The van der Waals surface area contributed by atoms with E-state index < -0.39 is 0 Å². The van der Waals surface area contributed by atoms with Crippen LogP contribution in [0, 0.1) is 0 Å². The minimum Gasteiger partial charge on any atom is -0.469 e. The smallest absolute Gasteiger partial charge is 0.227 e. The molecule has 0 aliphatic rings. The van der Waals surface area contributed by atoms with E-state index in [1.165, 1.54) is 0 Å². The summed E-state index contributed by atoms with van der Waals surface area (Å²) in [6, 6.07) is 3.82. The SMILES string of the molecule is CCNCc1noc(CCc2ccco2)n1. The predicted octanol–water partition coefficient (Wildman–Crippen LogP) is 1.56. The van der Waals surface area contributed by atoms with Crippen LogP contribution in [0.25, 0.3) is 0 Å². The van der Waals surface area contributed by atoms with Gasteiger partial charge in [-0.15, -0.1) is 0 Å². The zero-order valence-corrected chi connectivity index (χ0v) is 9.27. The highest BCUT2D eigenvalue weighted by molar-refractivity contribution is 5.00. The highest BCUT2D eigenvalue weighted by Gasteiger charge is 2.06. The Labute approximate surface area is 93.8 Å². The molecular weight excluding hydrogens is 206 g/mol. The van der Waals surface area contributed by atoms with Crippen LogP contribution < -0.4 is 5.32 Å². The molecule has 0 unspecified atom stereocenters. The van der Waals surface area contributed by atoms with Crippen molar-refractivity contribution in [1.82, 2.24) is 15.5 Å². The van der Waals surface area contributed by atoms with Crippen LogP contribution in [0.1, 0.15) is 24.4 Å². The molecule has 0 spiro atoms. The second kappa shape index (κ2) is 5.46. The summed E-state index contributed by atoms with van der Waals surface area (Å²) < 4.78 is 10.3. The van der Waals surface area contributed by atoms with Gasteiger partial charge in [-0.2, -0.15) is 4.98 Å². The second-order valence-corrected chi connectivity index (χ2v) is 3.46. The Kier molecular flexibility index (Phi) is 3.71. The number of aryl methyl sites for hydroxylation is 2. The van der Waals surface area contributed by atoms with Gasteiger partial charge in [-0.3, -0.25) is 0 Å². The molecule has 86 valence electrons. The Morgan fingerprint density at radius 3 is 3.06 bits per heavy atom. The summed E-state index contributed by atoms with van der Waals surface area (Å²) in [6.45, 7) is 3.59. The minimum atomic E-state index is 0.654. The minimum absolute atomic E-state index is 0.654. The van der Waals surface area contributed by atoms with Crippen molar-refractivity contribution in [2.75, 3.05) is 6.54 Å². The summed E-state index contributed by atoms with van der Waals surface area (Å²) >= 11 is 0. The predicted molar refractivity (Wildman–Crippen MR) is 57.8 cm³/mol. The second-order valence-electron chi connectivity index (χ2n) is 3.46. The first-order chi connectivity index (χ1) is 7.88. The Bertz CT molecular complexity index is 409. The zero-order chi connectivity index (χ0) is 11.2. The van der Waals surface area contributed by atoms with Gasteiger partial charge in [0, 0.05) is 12.8 Å². The molecule has 1 N–H and O–H groups in total. The Balaban J connectivity index is 1.83. The Hall–Kier alpha value is -1.62. The molecule has 0 aliphatic heterocycles. The van der Waals surface area contributed by atoms with Crippen molar-refractivity contribution in [3.05, 3.63) is 35.9 Å². The first kappa shape index (κ1) is 10.9. The van der Waals surface area contributed by atoms with Gasteiger partial charge in [0.1, 0.15) is 5.76 Å². The molecule has 0 amide bonds. The molecule has 2 aromatic heterocycles. The van der Waals surface area contributed by atoms with E-state index in [2.05, 4.69) is 15.5 Å². The number of aromatic nitrogens is 2. The highest BCUT2D eigenvalue weighted by atomic mass is 16.5. The van der Waals surface area contributed by atoms with Crippen LogP contribution in [-0.4, -0.2) is 16.7 Å². The zero-order valence-electron chi connectivity index (χ0n) is 9.27. The Morgan fingerprint density at radius 1 is 1.38 bits per heavy atom.